The quantitative estimate of drug-likeness (QED) is 0.849. The van der Waals surface area contributed by atoms with Crippen molar-refractivity contribution in [3.8, 4) is 0 Å². The molecule has 0 saturated carbocycles. The Labute approximate surface area is 86.1 Å². The van der Waals surface area contributed by atoms with Crippen LogP contribution in [-0.4, -0.2) is 16.7 Å². The number of hydrogen-bond donors (Lipinski definition) is 2. The fourth-order valence-electron chi connectivity index (χ4n) is 1.18. The van der Waals surface area contributed by atoms with Crippen molar-refractivity contribution < 1.29 is 5.11 Å². The second kappa shape index (κ2) is 4.69. The highest BCUT2D eigenvalue weighted by Crippen LogP contribution is 2.23. The Kier molecular flexibility index (Phi) is 3.84. The fraction of sp³-hybridized carbons (Fsp3) is 0.444. The number of hydrogen-bond acceptors (Lipinski definition) is 3. The molecule has 0 aliphatic carbocycles. The molecule has 0 aliphatic heterocycles. The van der Waals surface area contributed by atoms with Crippen molar-refractivity contribution in [1.82, 2.24) is 4.98 Å². The molecule has 0 aromatic carbocycles. The molecule has 3 nitrogen and oxygen atoms in total. The van der Waals surface area contributed by atoms with Gasteiger partial charge in [0.2, 0.25) is 0 Å². The number of aliphatic hydroxyl groups is 1. The van der Waals surface area contributed by atoms with E-state index in [-0.39, 0.29) is 12.6 Å². The van der Waals surface area contributed by atoms with Crippen molar-refractivity contribution >= 4 is 15.9 Å². The summed E-state index contributed by atoms with van der Waals surface area (Å²) in [4.78, 5) is 4.04. The molecule has 0 saturated heterocycles. The lowest BCUT2D eigenvalue weighted by Gasteiger charge is -2.13. The van der Waals surface area contributed by atoms with Crippen LogP contribution in [0.4, 0.5) is 0 Å². The largest absolute Gasteiger partial charge is 0.396 e. The van der Waals surface area contributed by atoms with E-state index in [1.54, 1.807) is 12.4 Å². The van der Waals surface area contributed by atoms with Crippen molar-refractivity contribution in [2.75, 3.05) is 6.61 Å². The Balaban J connectivity index is 2.93. The fourth-order valence-corrected chi connectivity index (χ4v) is 1.53. The molecule has 0 unspecified atom stereocenters. The van der Waals surface area contributed by atoms with Gasteiger partial charge in [-0.25, -0.2) is 0 Å². The first kappa shape index (κ1) is 10.6. The van der Waals surface area contributed by atoms with Gasteiger partial charge in [-0.1, -0.05) is 0 Å². The lowest BCUT2D eigenvalue weighted by atomic mass is 10.0. The lowest BCUT2D eigenvalue weighted by molar-refractivity contribution is 0.276. The number of pyridine rings is 1. The zero-order valence-corrected chi connectivity index (χ0v) is 9.08. The number of nitrogens with zero attached hydrogens (tertiary/aromatic N) is 1. The Morgan fingerprint density at radius 2 is 2.31 bits per heavy atom. The minimum Gasteiger partial charge on any atom is -0.396 e. The van der Waals surface area contributed by atoms with Crippen LogP contribution in [-0.2, 0) is 0 Å². The maximum Gasteiger partial charge on any atom is 0.0449 e. The van der Waals surface area contributed by atoms with Crippen LogP contribution in [0, 0.1) is 6.92 Å². The second-order valence-corrected chi connectivity index (χ2v) is 3.81. The average Bonchev–Trinajstić information content (AvgIpc) is 2.10. The first-order chi connectivity index (χ1) is 6.16. The van der Waals surface area contributed by atoms with Gasteiger partial charge < -0.3 is 10.8 Å². The predicted octanol–water partition coefficient (Wildman–Crippen LogP) is 1.53. The van der Waals surface area contributed by atoms with E-state index >= 15 is 0 Å². The molecule has 0 amide bonds. The van der Waals surface area contributed by atoms with Gasteiger partial charge in [-0.05, 0) is 40.4 Å². The number of rotatable bonds is 3. The summed E-state index contributed by atoms with van der Waals surface area (Å²) in [5, 5.41) is 8.75. The molecule has 0 aliphatic rings. The molecule has 1 heterocycles. The van der Waals surface area contributed by atoms with E-state index in [9.17, 15) is 0 Å². The van der Waals surface area contributed by atoms with Gasteiger partial charge in [-0.15, -0.1) is 0 Å². The third-order valence-electron chi connectivity index (χ3n) is 2.03. The van der Waals surface area contributed by atoms with E-state index in [4.69, 9.17) is 10.8 Å². The van der Waals surface area contributed by atoms with Gasteiger partial charge in [0.15, 0.2) is 0 Å². The summed E-state index contributed by atoms with van der Waals surface area (Å²) in [6, 6.07) is -0.130. The molecule has 13 heavy (non-hydrogen) atoms. The summed E-state index contributed by atoms with van der Waals surface area (Å²) in [5.74, 6) is 0. The van der Waals surface area contributed by atoms with E-state index < -0.39 is 0 Å². The van der Waals surface area contributed by atoms with E-state index in [0.29, 0.717) is 6.42 Å². The zero-order valence-electron chi connectivity index (χ0n) is 7.50. The molecule has 72 valence electrons. The standard InChI is InChI=1S/C9H13BrN2O/c1-6-7(9(11)2-3-13)4-12-5-8(6)10/h4-5,9,13H,2-3,11H2,1H3/t9-/m1/s1. The number of nitrogens with two attached hydrogens (primary N) is 1. The van der Waals surface area contributed by atoms with Crippen LogP contribution in [0.2, 0.25) is 0 Å². The summed E-state index contributed by atoms with van der Waals surface area (Å²) >= 11 is 3.38. The smallest absolute Gasteiger partial charge is 0.0449 e. The molecule has 0 spiro atoms. The number of aromatic nitrogens is 1. The van der Waals surface area contributed by atoms with Gasteiger partial charge in [-0.2, -0.15) is 0 Å². The minimum absolute atomic E-state index is 0.104. The third-order valence-corrected chi connectivity index (χ3v) is 2.83. The average molecular weight is 245 g/mol. The van der Waals surface area contributed by atoms with Crippen molar-refractivity contribution in [2.45, 2.75) is 19.4 Å². The minimum atomic E-state index is -0.130. The van der Waals surface area contributed by atoms with Gasteiger partial charge in [-0.3, -0.25) is 4.98 Å². The van der Waals surface area contributed by atoms with Gasteiger partial charge in [0.1, 0.15) is 0 Å². The van der Waals surface area contributed by atoms with E-state index in [0.717, 1.165) is 15.6 Å². The van der Waals surface area contributed by atoms with Crippen molar-refractivity contribution in [3.05, 3.63) is 28.0 Å². The zero-order chi connectivity index (χ0) is 9.84. The summed E-state index contributed by atoms with van der Waals surface area (Å²) in [5.41, 5.74) is 7.94. The maximum atomic E-state index is 8.75. The van der Waals surface area contributed by atoms with Gasteiger partial charge in [0.25, 0.3) is 0 Å². The van der Waals surface area contributed by atoms with E-state index in [1.165, 1.54) is 0 Å². The molecule has 4 heteroatoms. The van der Waals surface area contributed by atoms with E-state index in [2.05, 4.69) is 20.9 Å². The molecule has 1 rings (SSSR count). The van der Waals surface area contributed by atoms with Gasteiger partial charge >= 0.3 is 0 Å². The van der Waals surface area contributed by atoms with Crippen LogP contribution in [0.15, 0.2) is 16.9 Å². The topological polar surface area (TPSA) is 59.1 Å². The Morgan fingerprint density at radius 3 is 2.92 bits per heavy atom. The Hall–Kier alpha value is -0.450. The summed E-state index contributed by atoms with van der Waals surface area (Å²) in [6.45, 7) is 2.09. The van der Waals surface area contributed by atoms with Crippen LogP contribution in [0.1, 0.15) is 23.6 Å². The Morgan fingerprint density at radius 1 is 1.62 bits per heavy atom. The molecule has 1 aromatic heterocycles. The van der Waals surface area contributed by atoms with Crippen LogP contribution in [0.3, 0.4) is 0 Å². The normalized spacial score (nSPS) is 12.9. The molecular weight excluding hydrogens is 232 g/mol. The third kappa shape index (κ3) is 2.49. The van der Waals surface area contributed by atoms with Gasteiger partial charge in [0.05, 0.1) is 0 Å². The predicted molar refractivity (Wildman–Crippen MR) is 55.3 cm³/mol. The highest BCUT2D eigenvalue weighted by atomic mass is 79.9. The maximum absolute atomic E-state index is 8.75. The van der Waals surface area contributed by atoms with Crippen molar-refractivity contribution in [2.24, 2.45) is 5.73 Å². The first-order valence-electron chi connectivity index (χ1n) is 4.13. The van der Waals surface area contributed by atoms with E-state index in [1.807, 2.05) is 6.92 Å². The number of aliphatic hydroxyl groups excluding tert-OH is 1. The molecule has 0 bridgehead atoms. The van der Waals surface area contributed by atoms with Crippen molar-refractivity contribution in [1.29, 1.82) is 0 Å². The molecule has 3 N–H and O–H groups in total. The molecule has 1 atom stereocenters. The highest BCUT2D eigenvalue weighted by molar-refractivity contribution is 9.10. The summed E-state index contributed by atoms with van der Waals surface area (Å²) < 4.78 is 0.957. The van der Waals surface area contributed by atoms with Crippen LogP contribution < -0.4 is 5.73 Å². The molecule has 0 fully saturated rings. The highest BCUT2D eigenvalue weighted by Gasteiger charge is 2.10. The monoisotopic (exact) mass is 244 g/mol. The first-order valence-corrected chi connectivity index (χ1v) is 4.92. The molecular formula is C9H13BrN2O. The Bertz CT molecular complexity index is 291. The summed E-state index contributed by atoms with van der Waals surface area (Å²) in [7, 11) is 0. The van der Waals surface area contributed by atoms with Crippen LogP contribution in [0.5, 0.6) is 0 Å². The lowest BCUT2D eigenvalue weighted by Crippen LogP contribution is -2.13. The molecule has 1 aromatic rings. The number of halogens is 1. The van der Waals surface area contributed by atoms with Gasteiger partial charge in [0, 0.05) is 29.5 Å². The summed E-state index contributed by atoms with van der Waals surface area (Å²) in [6.07, 6.45) is 4.06. The van der Waals surface area contributed by atoms with Crippen molar-refractivity contribution in [3.63, 3.8) is 0 Å². The van der Waals surface area contributed by atoms with Crippen LogP contribution >= 0.6 is 15.9 Å². The van der Waals surface area contributed by atoms with Crippen LogP contribution in [0.25, 0.3) is 0 Å². The SMILES string of the molecule is Cc1c(Br)cncc1[C@H](N)CCO. The second-order valence-electron chi connectivity index (χ2n) is 2.95. The molecule has 0 radical (unpaired) electrons.